The fourth-order valence-electron chi connectivity index (χ4n) is 0.807. The molecule has 0 aliphatic rings. The van der Waals surface area contributed by atoms with Crippen LogP contribution in [-0.4, -0.2) is 8.96 Å². The van der Waals surface area contributed by atoms with E-state index in [2.05, 4.69) is 20.8 Å². The van der Waals surface area contributed by atoms with E-state index in [1.165, 1.54) is 10.8 Å². The summed E-state index contributed by atoms with van der Waals surface area (Å²) in [5.41, 5.74) is 0. The molecule has 0 radical (unpaired) electrons. The summed E-state index contributed by atoms with van der Waals surface area (Å²) in [7, 11) is 0.546. The van der Waals surface area contributed by atoms with Crippen LogP contribution in [0.5, 0.6) is 0 Å². The summed E-state index contributed by atoms with van der Waals surface area (Å²) in [5, 5.41) is 0. The SMILES string of the molecule is CC(C)(C)SS(=O)c1ccccc1. The third-order valence-corrected chi connectivity index (χ3v) is 5.10. The minimum absolute atomic E-state index is 0.0424. The second-order valence-corrected chi connectivity index (χ2v) is 7.48. The van der Waals surface area contributed by atoms with Crippen LogP contribution in [0.25, 0.3) is 0 Å². The van der Waals surface area contributed by atoms with E-state index in [4.69, 9.17) is 0 Å². The molecule has 0 amide bonds. The van der Waals surface area contributed by atoms with Gasteiger partial charge in [0.05, 0.1) is 0 Å². The molecule has 1 aromatic carbocycles. The summed E-state index contributed by atoms with van der Waals surface area (Å²) in [6, 6.07) is 9.55. The Balaban J connectivity index is 2.71. The van der Waals surface area contributed by atoms with Crippen LogP contribution in [0.4, 0.5) is 0 Å². The van der Waals surface area contributed by atoms with Gasteiger partial charge in [-0.2, -0.15) is 0 Å². The normalized spacial score (nSPS) is 14.1. The van der Waals surface area contributed by atoms with Gasteiger partial charge in [0.15, 0.2) is 0 Å². The van der Waals surface area contributed by atoms with Crippen LogP contribution in [0.1, 0.15) is 20.8 Å². The molecule has 1 atom stereocenters. The van der Waals surface area contributed by atoms with E-state index < -0.39 is 9.83 Å². The van der Waals surface area contributed by atoms with Gasteiger partial charge in [0, 0.05) is 9.64 Å². The lowest BCUT2D eigenvalue weighted by Crippen LogP contribution is -2.08. The average Bonchev–Trinajstić information content (AvgIpc) is 2.03. The van der Waals surface area contributed by atoms with Crippen molar-refractivity contribution in [2.24, 2.45) is 0 Å². The summed E-state index contributed by atoms with van der Waals surface area (Å²) < 4.78 is 11.8. The lowest BCUT2D eigenvalue weighted by Gasteiger charge is -2.15. The van der Waals surface area contributed by atoms with Crippen molar-refractivity contribution in [3.05, 3.63) is 30.3 Å². The summed E-state index contributed by atoms with van der Waals surface area (Å²) in [6.45, 7) is 6.20. The Morgan fingerprint density at radius 2 is 1.69 bits per heavy atom. The molecule has 0 saturated carbocycles. The lowest BCUT2D eigenvalue weighted by molar-refractivity contribution is 0.690. The maximum absolute atomic E-state index is 11.7. The summed E-state index contributed by atoms with van der Waals surface area (Å²) in [5.74, 6) is 0. The van der Waals surface area contributed by atoms with Crippen molar-refractivity contribution in [2.45, 2.75) is 30.4 Å². The van der Waals surface area contributed by atoms with Gasteiger partial charge in [-0.05, 0) is 12.1 Å². The Labute approximate surface area is 85.8 Å². The van der Waals surface area contributed by atoms with Crippen molar-refractivity contribution in [2.75, 3.05) is 0 Å². The highest BCUT2D eigenvalue weighted by Crippen LogP contribution is 2.30. The first-order valence-corrected chi connectivity index (χ1v) is 6.64. The third-order valence-electron chi connectivity index (χ3n) is 1.26. The van der Waals surface area contributed by atoms with Crippen molar-refractivity contribution in [3.8, 4) is 0 Å². The second kappa shape index (κ2) is 4.29. The topological polar surface area (TPSA) is 17.1 Å². The Bertz CT molecular complexity index is 288. The predicted octanol–water partition coefficient (Wildman–Crippen LogP) is 3.24. The van der Waals surface area contributed by atoms with Crippen molar-refractivity contribution >= 4 is 20.6 Å². The molecule has 1 rings (SSSR count). The fraction of sp³-hybridized carbons (Fsp3) is 0.400. The first-order chi connectivity index (χ1) is 5.99. The van der Waals surface area contributed by atoms with Gasteiger partial charge in [-0.1, -0.05) is 49.8 Å². The highest BCUT2D eigenvalue weighted by Gasteiger charge is 2.16. The zero-order chi connectivity index (χ0) is 9.90. The Morgan fingerprint density at radius 3 is 2.15 bits per heavy atom. The monoisotopic (exact) mass is 214 g/mol. The van der Waals surface area contributed by atoms with Crippen molar-refractivity contribution in [1.82, 2.24) is 0 Å². The van der Waals surface area contributed by atoms with Crippen LogP contribution in [0.15, 0.2) is 35.2 Å². The number of hydrogen-bond donors (Lipinski definition) is 0. The first-order valence-electron chi connectivity index (χ1n) is 4.15. The largest absolute Gasteiger partial charge is 0.243 e. The molecule has 0 spiro atoms. The Kier molecular flexibility index (Phi) is 3.56. The number of hydrogen-bond acceptors (Lipinski definition) is 2. The maximum Gasteiger partial charge on any atom is 0.113 e. The fourth-order valence-corrected chi connectivity index (χ4v) is 3.72. The zero-order valence-corrected chi connectivity index (χ0v) is 9.74. The molecular weight excluding hydrogens is 200 g/mol. The summed E-state index contributed by atoms with van der Waals surface area (Å²) >= 11 is 0. The molecule has 1 unspecified atom stereocenters. The van der Waals surface area contributed by atoms with Gasteiger partial charge in [-0.25, -0.2) is 4.21 Å². The molecule has 0 heterocycles. The molecule has 3 heteroatoms. The highest BCUT2D eigenvalue weighted by atomic mass is 33.1. The Morgan fingerprint density at radius 1 is 1.15 bits per heavy atom. The molecule has 0 aromatic heterocycles. The highest BCUT2D eigenvalue weighted by molar-refractivity contribution is 8.69. The van der Waals surface area contributed by atoms with Gasteiger partial charge in [0.1, 0.15) is 9.83 Å². The summed E-state index contributed by atoms with van der Waals surface area (Å²) in [4.78, 5) is 0.891. The molecule has 1 nitrogen and oxygen atoms in total. The molecule has 0 fully saturated rings. The van der Waals surface area contributed by atoms with Crippen LogP contribution in [-0.2, 0) is 9.83 Å². The van der Waals surface area contributed by atoms with Crippen LogP contribution in [0, 0.1) is 0 Å². The first kappa shape index (κ1) is 10.8. The Hall–Kier alpha value is -0.280. The number of benzene rings is 1. The van der Waals surface area contributed by atoms with E-state index in [-0.39, 0.29) is 4.75 Å². The van der Waals surface area contributed by atoms with Gasteiger partial charge < -0.3 is 0 Å². The molecule has 0 N–H and O–H groups in total. The van der Waals surface area contributed by atoms with Gasteiger partial charge >= 0.3 is 0 Å². The van der Waals surface area contributed by atoms with Gasteiger partial charge in [0.2, 0.25) is 0 Å². The van der Waals surface area contributed by atoms with Crippen LogP contribution >= 0.6 is 10.8 Å². The third kappa shape index (κ3) is 3.96. The molecule has 72 valence electrons. The molecule has 13 heavy (non-hydrogen) atoms. The molecule has 0 aliphatic carbocycles. The van der Waals surface area contributed by atoms with Crippen molar-refractivity contribution in [3.63, 3.8) is 0 Å². The van der Waals surface area contributed by atoms with E-state index in [9.17, 15) is 4.21 Å². The molecule has 0 bridgehead atoms. The molecular formula is C10H14OS2. The predicted molar refractivity (Wildman–Crippen MR) is 60.2 cm³/mol. The van der Waals surface area contributed by atoms with E-state index in [0.29, 0.717) is 0 Å². The van der Waals surface area contributed by atoms with Crippen molar-refractivity contribution in [1.29, 1.82) is 0 Å². The van der Waals surface area contributed by atoms with Crippen LogP contribution in [0.2, 0.25) is 0 Å². The molecule has 0 saturated heterocycles. The van der Waals surface area contributed by atoms with Crippen LogP contribution < -0.4 is 0 Å². The maximum atomic E-state index is 11.7. The minimum Gasteiger partial charge on any atom is -0.243 e. The second-order valence-electron chi connectivity index (χ2n) is 3.74. The van der Waals surface area contributed by atoms with E-state index >= 15 is 0 Å². The van der Waals surface area contributed by atoms with E-state index in [1.807, 2.05) is 30.3 Å². The molecule has 1 aromatic rings. The van der Waals surface area contributed by atoms with E-state index in [0.717, 1.165) is 4.90 Å². The van der Waals surface area contributed by atoms with Gasteiger partial charge in [-0.3, -0.25) is 0 Å². The van der Waals surface area contributed by atoms with Gasteiger partial charge in [-0.15, -0.1) is 0 Å². The van der Waals surface area contributed by atoms with Crippen molar-refractivity contribution < 1.29 is 4.21 Å². The number of rotatable bonds is 2. The minimum atomic E-state index is -0.936. The quantitative estimate of drug-likeness (QED) is 0.703. The lowest BCUT2D eigenvalue weighted by atomic mass is 10.3. The molecule has 0 aliphatic heterocycles. The van der Waals surface area contributed by atoms with Gasteiger partial charge in [0.25, 0.3) is 0 Å². The smallest absolute Gasteiger partial charge is 0.113 e. The average molecular weight is 214 g/mol. The van der Waals surface area contributed by atoms with Crippen LogP contribution in [0.3, 0.4) is 0 Å². The summed E-state index contributed by atoms with van der Waals surface area (Å²) in [6.07, 6.45) is 0. The standard InChI is InChI=1S/C10H14OS2/c1-10(2,3)12-13(11)9-7-5-4-6-8-9/h4-8H,1-3H3. The zero-order valence-electron chi connectivity index (χ0n) is 8.11. The van der Waals surface area contributed by atoms with E-state index in [1.54, 1.807) is 0 Å².